The van der Waals surface area contributed by atoms with Gasteiger partial charge in [0.2, 0.25) is 5.75 Å². The fraction of sp³-hybridized carbons (Fsp3) is 0.0714. The minimum absolute atomic E-state index is 0.198. The quantitative estimate of drug-likeness (QED) is 0.720. The van der Waals surface area contributed by atoms with E-state index in [0.29, 0.717) is 15.7 Å². The fourth-order valence-corrected chi connectivity index (χ4v) is 2.59. The molecule has 0 atom stereocenters. The Morgan fingerprint density at radius 1 is 1.20 bits per heavy atom. The molecule has 2 aromatic carbocycles. The summed E-state index contributed by atoms with van der Waals surface area (Å²) >= 11 is 1.24. The number of phenolic OH excluding ortho intramolecular Hbond substituents is 2. The van der Waals surface area contributed by atoms with Crippen LogP contribution in [0.15, 0.2) is 50.9 Å². The lowest BCUT2D eigenvalue weighted by atomic mass is 10.3. The lowest BCUT2D eigenvalue weighted by Crippen LogP contribution is -1.85. The topological polar surface area (TPSA) is 75.7 Å². The molecule has 5 nitrogen and oxygen atoms in total. The van der Waals surface area contributed by atoms with Crippen LogP contribution in [0, 0.1) is 0 Å². The van der Waals surface area contributed by atoms with Gasteiger partial charge >= 0.3 is 0 Å². The Bertz CT molecular complexity index is 736. The molecule has 0 aliphatic carbocycles. The Morgan fingerprint density at radius 3 is 2.75 bits per heavy atom. The average molecular weight is 289 g/mol. The third-order valence-corrected chi connectivity index (χ3v) is 3.55. The maximum absolute atomic E-state index is 9.64. The Labute approximate surface area is 118 Å². The molecule has 3 rings (SSSR count). The number of rotatable bonds is 3. The number of methoxy groups -OCH3 is 1. The van der Waals surface area contributed by atoms with Crippen LogP contribution < -0.4 is 4.74 Å². The molecule has 0 unspecified atom stereocenters. The van der Waals surface area contributed by atoms with Crippen LogP contribution in [-0.2, 0) is 0 Å². The Balaban J connectivity index is 1.96. The molecule has 0 aliphatic heterocycles. The van der Waals surface area contributed by atoms with Crippen LogP contribution in [0.25, 0.3) is 11.1 Å². The van der Waals surface area contributed by atoms with Crippen LogP contribution in [0.1, 0.15) is 0 Å². The minimum atomic E-state index is -0.283. The third kappa shape index (κ3) is 2.25. The molecule has 0 spiro atoms. The minimum Gasteiger partial charge on any atom is -0.504 e. The molecule has 0 saturated heterocycles. The summed E-state index contributed by atoms with van der Waals surface area (Å²) in [6, 6.07) is 10.5. The number of aromatic nitrogens is 1. The van der Waals surface area contributed by atoms with E-state index in [1.165, 1.54) is 24.9 Å². The first-order valence-corrected chi connectivity index (χ1v) is 6.62. The lowest BCUT2D eigenvalue weighted by molar-refractivity contribution is 0.349. The maximum Gasteiger partial charge on any atom is 0.261 e. The first-order chi connectivity index (χ1) is 9.67. The van der Waals surface area contributed by atoms with Gasteiger partial charge in [0.1, 0.15) is 5.52 Å². The number of fused-ring (bicyclic) bond motifs is 1. The zero-order valence-electron chi connectivity index (χ0n) is 10.5. The highest BCUT2D eigenvalue weighted by Gasteiger charge is 2.13. The van der Waals surface area contributed by atoms with Crippen molar-refractivity contribution in [2.24, 2.45) is 0 Å². The van der Waals surface area contributed by atoms with Gasteiger partial charge < -0.3 is 19.4 Å². The number of hydrogen-bond acceptors (Lipinski definition) is 6. The monoisotopic (exact) mass is 289 g/mol. The van der Waals surface area contributed by atoms with Crippen molar-refractivity contribution >= 4 is 22.9 Å². The zero-order valence-corrected chi connectivity index (χ0v) is 11.3. The molecule has 0 radical (unpaired) electrons. The molecule has 102 valence electrons. The van der Waals surface area contributed by atoms with E-state index in [4.69, 9.17) is 9.15 Å². The number of phenols is 2. The molecule has 1 heterocycles. The predicted molar refractivity (Wildman–Crippen MR) is 74.5 cm³/mol. The van der Waals surface area contributed by atoms with Crippen molar-refractivity contribution in [1.82, 2.24) is 4.98 Å². The summed E-state index contributed by atoms with van der Waals surface area (Å²) in [7, 11) is 1.42. The third-order valence-electron chi connectivity index (χ3n) is 2.73. The Morgan fingerprint density at radius 2 is 2.00 bits per heavy atom. The van der Waals surface area contributed by atoms with Gasteiger partial charge in [-0.05, 0) is 36.0 Å². The Hall–Kier alpha value is -2.34. The van der Waals surface area contributed by atoms with Crippen molar-refractivity contribution in [2.75, 3.05) is 7.11 Å². The maximum atomic E-state index is 9.64. The summed E-state index contributed by atoms with van der Waals surface area (Å²) in [6.45, 7) is 0. The molecule has 0 amide bonds. The van der Waals surface area contributed by atoms with Crippen LogP contribution in [0.5, 0.6) is 17.2 Å². The first-order valence-electron chi connectivity index (χ1n) is 5.81. The fourth-order valence-electron chi connectivity index (χ4n) is 1.78. The zero-order chi connectivity index (χ0) is 14.1. The summed E-state index contributed by atoms with van der Waals surface area (Å²) in [5.41, 5.74) is 1.47. The molecule has 0 fully saturated rings. The summed E-state index contributed by atoms with van der Waals surface area (Å²) < 4.78 is 10.6. The summed E-state index contributed by atoms with van der Waals surface area (Å²) in [5, 5.41) is 19.7. The van der Waals surface area contributed by atoms with Crippen LogP contribution in [0.2, 0.25) is 0 Å². The molecule has 2 N–H and O–H groups in total. The molecule has 3 aromatic rings. The van der Waals surface area contributed by atoms with Gasteiger partial charge in [0.05, 0.1) is 7.11 Å². The van der Waals surface area contributed by atoms with Crippen molar-refractivity contribution in [3.8, 4) is 17.2 Å². The smallest absolute Gasteiger partial charge is 0.261 e. The molecular formula is C14H11NO4S. The SMILES string of the molecule is COc1cc(Sc2nc3ccccc3o2)cc(O)c1O. The van der Waals surface area contributed by atoms with E-state index < -0.39 is 0 Å². The average Bonchev–Trinajstić information content (AvgIpc) is 2.84. The second-order valence-corrected chi connectivity index (χ2v) is 5.07. The summed E-state index contributed by atoms with van der Waals surface area (Å²) in [6.07, 6.45) is 0. The highest BCUT2D eigenvalue weighted by molar-refractivity contribution is 7.99. The number of benzene rings is 2. The molecule has 6 heteroatoms. The van der Waals surface area contributed by atoms with Gasteiger partial charge in [0.15, 0.2) is 17.1 Å². The van der Waals surface area contributed by atoms with Crippen molar-refractivity contribution in [2.45, 2.75) is 10.1 Å². The van der Waals surface area contributed by atoms with Crippen molar-refractivity contribution in [1.29, 1.82) is 0 Å². The van der Waals surface area contributed by atoms with E-state index in [2.05, 4.69) is 4.98 Å². The van der Waals surface area contributed by atoms with Gasteiger partial charge in [-0.15, -0.1) is 0 Å². The molecule has 1 aromatic heterocycles. The molecule has 0 saturated carbocycles. The van der Waals surface area contributed by atoms with E-state index in [0.717, 1.165) is 5.52 Å². The van der Waals surface area contributed by atoms with E-state index in [9.17, 15) is 10.2 Å². The van der Waals surface area contributed by atoms with E-state index in [1.54, 1.807) is 6.07 Å². The van der Waals surface area contributed by atoms with Crippen molar-refractivity contribution in [3.63, 3.8) is 0 Å². The number of nitrogens with zero attached hydrogens (tertiary/aromatic N) is 1. The Kier molecular flexibility index (Phi) is 3.15. The predicted octanol–water partition coefficient (Wildman–Crippen LogP) is 3.40. The molecule has 20 heavy (non-hydrogen) atoms. The lowest BCUT2D eigenvalue weighted by Gasteiger charge is -2.06. The number of oxazole rings is 1. The van der Waals surface area contributed by atoms with Gasteiger partial charge in [-0.25, -0.2) is 4.98 Å². The standard InChI is InChI=1S/C14H11NO4S/c1-18-12-7-8(6-10(16)13(12)17)20-14-15-9-4-2-3-5-11(9)19-14/h2-7,16-17H,1H3. The number of para-hydroxylation sites is 2. The first kappa shape index (κ1) is 12.7. The van der Waals surface area contributed by atoms with E-state index >= 15 is 0 Å². The van der Waals surface area contributed by atoms with Crippen molar-refractivity contribution in [3.05, 3.63) is 36.4 Å². The molecular weight excluding hydrogens is 278 g/mol. The van der Waals surface area contributed by atoms with Crippen LogP contribution in [0.4, 0.5) is 0 Å². The van der Waals surface area contributed by atoms with Gasteiger partial charge in [0.25, 0.3) is 5.22 Å². The van der Waals surface area contributed by atoms with Gasteiger partial charge in [0, 0.05) is 4.90 Å². The van der Waals surface area contributed by atoms with E-state index in [1.807, 2.05) is 24.3 Å². The summed E-state index contributed by atoms with van der Waals surface area (Å²) in [4.78, 5) is 4.98. The van der Waals surface area contributed by atoms with Gasteiger partial charge in [-0.2, -0.15) is 0 Å². The second kappa shape index (κ2) is 4.97. The van der Waals surface area contributed by atoms with Gasteiger partial charge in [-0.3, -0.25) is 0 Å². The number of hydrogen-bond donors (Lipinski definition) is 2. The molecule has 0 bridgehead atoms. The number of aromatic hydroxyl groups is 2. The highest BCUT2D eigenvalue weighted by atomic mass is 32.2. The highest BCUT2D eigenvalue weighted by Crippen LogP contribution is 2.41. The second-order valence-electron chi connectivity index (χ2n) is 4.04. The van der Waals surface area contributed by atoms with E-state index in [-0.39, 0.29) is 17.2 Å². The number of ether oxygens (including phenoxy) is 1. The van der Waals surface area contributed by atoms with Crippen LogP contribution >= 0.6 is 11.8 Å². The normalized spacial score (nSPS) is 10.8. The largest absolute Gasteiger partial charge is 0.504 e. The summed E-state index contributed by atoms with van der Waals surface area (Å²) in [5.74, 6) is -0.332. The van der Waals surface area contributed by atoms with Crippen molar-refractivity contribution < 1.29 is 19.4 Å². The van der Waals surface area contributed by atoms with Crippen LogP contribution in [-0.4, -0.2) is 22.3 Å². The van der Waals surface area contributed by atoms with Crippen LogP contribution in [0.3, 0.4) is 0 Å². The molecule has 0 aliphatic rings. The van der Waals surface area contributed by atoms with Gasteiger partial charge in [-0.1, -0.05) is 12.1 Å².